The maximum absolute atomic E-state index is 11.7. The Balaban J connectivity index is 0.00000361. The SMILES string of the molecule is Cc1ccc(NC(=O)CN(C)CCC(=O)O)cc1Cl.Cl. The van der Waals surface area contributed by atoms with Crippen LogP contribution >= 0.6 is 24.0 Å². The van der Waals surface area contributed by atoms with Crippen LogP contribution in [-0.4, -0.2) is 42.0 Å². The fourth-order valence-corrected chi connectivity index (χ4v) is 1.66. The second kappa shape index (κ2) is 8.79. The molecule has 0 fully saturated rings. The van der Waals surface area contributed by atoms with Gasteiger partial charge in [0.05, 0.1) is 13.0 Å². The molecule has 0 atom stereocenters. The minimum atomic E-state index is -0.877. The molecule has 0 aliphatic carbocycles. The minimum Gasteiger partial charge on any atom is -0.481 e. The largest absolute Gasteiger partial charge is 0.481 e. The van der Waals surface area contributed by atoms with Gasteiger partial charge in [-0.1, -0.05) is 17.7 Å². The van der Waals surface area contributed by atoms with Gasteiger partial charge in [0.2, 0.25) is 5.91 Å². The summed E-state index contributed by atoms with van der Waals surface area (Å²) in [6, 6.07) is 5.29. The van der Waals surface area contributed by atoms with Gasteiger partial charge in [-0.3, -0.25) is 14.5 Å². The fraction of sp³-hybridized carbons (Fsp3) is 0.385. The molecule has 0 heterocycles. The van der Waals surface area contributed by atoms with Gasteiger partial charge in [0.25, 0.3) is 0 Å². The van der Waals surface area contributed by atoms with Crippen LogP contribution in [0.4, 0.5) is 5.69 Å². The Morgan fingerprint density at radius 3 is 2.60 bits per heavy atom. The predicted octanol–water partition coefficient (Wildman–Crippen LogP) is 2.42. The number of benzene rings is 1. The number of carboxylic acid groups (broad SMARTS) is 1. The zero-order valence-electron chi connectivity index (χ0n) is 11.4. The van der Waals surface area contributed by atoms with Crippen molar-refractivity contribution in [2.45, 2.75) is 13.3 Å². The number of carbonyl (C=O) groups is 2. The van der Waals surface area contributed by atoms with Crippen molar-refractivity contribution in [1.29, 1.82) is 0 Å². The molecule has 112 valence electrons. The van der Waals surface area contributed by atoms with E-state index in [1.54, 1.807) is 24.1 Å². The fourth-order valence-electron chi connectivity index (χ4n) is 1.48. The smallest absolute Gasteiger partial charge is 0.304 e. The molecular formula is C13H18Cl2N2O3. The van der Waals surface area contributed by atoms with E-state index in [9.17, 15) is 9.59 Å². The Morgan fingerprint density at radius 1 is 1.40 bits per heavy atom. The number of amides is 1. The lowest BCUT2D eigenvalue weighted by molar-refractivity contribution is -0.137. The zero-order valence-corrected chi connectivity index (χ0v) is 12.9. The number of rotatable bonds is 6. The monoisotopic (exact) mass is 320 g/mol. The first kappa shape index (κ1) is 18.7. The first-order valence-electron chi connectivity index (χ1n) is 5.85. The normalized spacial score (nSPS) is 10.0. The van der Waals surface area contributed by atoms with Crippen molar-refractivity contribution in [3.8, 4) is 0 Å². The Labute approximate surface area is 129 Å². The summed E-state index contributed by atoms with van der Waals surface area (Å²) >= 11 is 5.96. The number of halogens is 2. The van der Waals surface area contributed by atoms with Gasteiger partial charge < -0.3 is 10.4 Å². The van der Waals surface area contributed by atoms with E-state index in [4.69, 9.17) is 16.7 Å². The van der Waals surface area contributed by atoms with Crippen LogP contribution in [-0.2, 0) is 9.59 Å². The molecule has 0 spiro atoms. The van der Waals surface area contributed by atoms with Crippen molar-refractivity contribution in [2.24, 2.45) is 0 Å². The Kier molecular flexibility index (Phi) is 8.22. The second-order valence-corrected chi connectivity index (χ2v) is 4.80. The van der Waals surface area contributed by atoms with Crippen LogP contribution in [0.3, 0.4) is 0 Å². The van der Waals surface area contributed by atoms with Crippen LogP contribution < -0.4 is 5.32 Å². The third kappa shape index (κ3) is 6.75. The highest BCUT2D eigenvalue weighted by atomic mass is 35.5. The first-order chi connectivity index (χ1) is 8.88. The molecule has 1 rings (SSSR count). The van der Waals surface area contributed by atoms with Crippen molar-refractivity contribution in [2.75, 3.05) is 25.5 Å². The van der Waals surface area contributed by atoms with Crippen LogP contribution in [0.25, 0.3) is 0 Å². The van der Waals surface area contributed by atoms with Gasteiger partial charge in [0, 0.05) is 17.3 Å². The number of likely N-dealkylation sites (N-methyl/N-ethyl adjacent to an activating group) is 1. The van der Waals surface area contributed by atoms with Gasteiger partial charge in [-0.2, -0.15) is 0 Å². The molecule has 0 saturated heterocycles. The van der Waals surface area contributed by atoms with E-state index in [1.807, 2.05) is 13.0 Å². The molecule has 0 unspecified atom stereocenters. The molecule has 7 heteroatoms. The number of hydrogen-bond acceptors (Lipinski definition) is 3. The van der Waals surface area contributed by atoms with Crippen LogP contribution in [0.1, 0.15) is 12.0 Å². The molecule has 0 aromatic heterocycles. The number of hydrogen-bond donors (Lipinski definition) is 2. The molecule has 0 aliphatic heterocycles. The van der Waals surface area contributed by atoms with Crippen LogP contribution in [0, 0.1) is 6.92 Å². The lowest BCUT2D eigenvalue weighted by Gasteiger charge is -2.15. The number of carbonyl (C=O) groups excluding carboxylic acids is 1. The van der Waals surface area contributed by atoms with Gasteiger partial charge >= 0.3 is 5.97 Å². The van der Waals surface area contributed by atoms with Gasteiger partial charge in [-0.15, -0.1) is 12.4 Å². The molecule has 0 aliphatic rings. The number of carboxylic acids is 1. The topological polar surface area (TPSA) is 69.6 Å². The molecule has 0 radical (unpaired) electrons. The average Bonchev–Trinajstić information content (AvgIpc) is 2.31. The highest BCUT2D eigenvalue weighted by molar-refractivity contribution is 6.31. The molecular weight excluding hydrogens is 303 g/mol. The van der Waals surface area contributed by atoms with E-state index in [1.165, 1.54) is 0 Å². The van der Waals surface area contributed by atoms with E-state index in [0.717, 1.165) is 5.56 Å². The summed E-state index contributed by atoms with van der Waals surface area (Å²) in [7, 11) is 1.70. The van der Waals surface area contributed by atoms with Crippen molar-refractivity contribution >= 4 is 41.6 Å². The number of aliphatic carboxylic acids is 1. The average molecular weight is 321 g/mol. The summed E-state index contributed by atoms with van der Waals surface area (Å²) < 4.78 is 0. The Morgan fingerprint density at radius 2 is 2.05 bits per heavy atom. The van der Waals surface area contributed by atoms with Crippen molar-refractivity contribution in [3.05, 3.63) is 28.8 Å². The molecule has 1 amide bonds. The number of nitrogens with one attached hydrogen (secondary N) is 1. The number of aryl methyl sites for hydroxylation is 1. The van der Waals surface area contributed by atoms with Crippen molar-refractivity contribution in [1.82, 2.24) is 4.90 Å². The van der Waals surface area contributed by atoms with Gasteiger partial charge in [-0.05, 0) is 31.7 Å². The van der Waals surface area contributed by atoms with E-state index in [0.29, 0.717) is 17.3 Å². The predicted molar refractivity (Wildman–Crippen MR) is 81.8 cm³/mol. The quantitative estimate of drug-likeness (QED) is 0.844. The molecule has 0 saturated carbocycles. The summed E-state index contributed by atoms with van der Waals surface area (Å²) in [6.07, 6.45) is 0.0140. The summed E-state index contributed by atoms with van der Waals surface area (Å²) in [5, 5.41) is 11.9. The number of nitrogens with zero attached hydrogens (tertiary/aromatic N) is 1. The molecule has 1 aromatic carbocycles. The van der Waals surface area contributed by atoms with E-state index in [2.05, 4.69) is 5.32 Å². The van der Waals surface area contributed by atoms with Gasteiger partial charge in [0.15, 0.2) is 0 Å². The second-order valence-electron chi connectivity index (χ2n) is 4.39. The molecule has 2 N–H and O–H groups in total. The maximum atomic E-state index is 11.7. The van der Waals surface area contributed by atoms with Crippen LogP contribution in [0.2, 0.25) is 5.02 Å². The van der Waals surface area contributed by atoms with Gasteiger partial charge in [0.1, 0.15) is 0 Å². The zero-order chi connectivity index (χ0) is 14.4. The van der Waals surface area contributed by atoms with Crippen molar-refractivity contribution < 1.29 is 14.7 Å². The van der Waals surface area contributed by atoms with Gasteiger partial charge in [-0.25, -0.2) is 0 Å². The summed E-state index contributed by atoms with van der Waals surface area (Å²) in [5.41, 5.74) is 1.57. The molecule has 5 nitrogen and oxygen atoms in total. The molecule has 0 bridgehead atoms. The van der Waals surface area contributed by atoms with Crippen LogP contribution in [0.15, 0.2) is 18.2 Å². The molecule has 1 aromatic rings. The van der Waals surface area contributed by atoms with E-state index < -0.39 is 5.97 Å². The highest BCUT2D eigenvalue weighted by Crippen LogP contribution is 2.19. The standard InChI is InChI=1S/C13H17ClN2O3.ClH/c1-9-3-4-10(7-11(9)14)15-12(17)8-16(2)6-5-13(18)19;/h3-4,7H,5-6,8H2,1-2H3,(H,15,17)(H,18,19);1H. The van der Waals surface area contributed by atoms with Crippen molar-refractivity contribution in [3.63, 3.8) is 0 Å². The lowest BCUT2D eigenvalue weighted by Crippen LogP contribution is -2.31. The lowest BCUT2D eigenvalue weighted by atomic mass is 10.2. The van der Waals surface area contributed by atoms with E-state index >= 15 is 0 Å². The summed E-state index contributed by atoms with van der Waals surface area (Å²) in [5.74, 6) is -1.08. The third-order valence-corrected chi connectivity index (χ3v) is 2.98. The maximum Gasteiger partial charge on any atom is 0.304 e. The number of anilines is 1. The third-order valence-electron chi connectivity index (χ3n) is 2.58. The Hall–Kier alpha value is -1.30. The first-order valence-corrected chi connectivity index (χ1v) is 6.22. The summed E-state index contributed by atoms with van der Waals surface area (Å²) in [4.78, 5) is 23.8. The minimum absolute atomic E-state index is 0. The highest BCUT2D eigenvalue weighted by Gasteiger charge is 2.09. The summed E-state index contributed by atoms with van der Waals surface area (Å²) in [6.45, 7) is 2.35. The Bertz CT molecular complexity index is 481. The van der Waals surface area contributed by atoms with Crippen LogP contribution in [0.5, 0.6) is 0 Å². The molecule has 20 heavy (non-hydrogen) atoms. The van der Waals surface area contributed by atoms with E-state index in [-0.39, 0.29) is 31.3 Å².